The number of fused-ring (bicyclic) bond motifs is 1. The summed E-state index contributed by atoms with van der Waals surface area (Å²) in [5.74, 6) is 0.177. The van der Waals surface area contributed by atoms with Gasteiger partial charge in [-0.25, -0.2) is 4.79 Å². The summed E-state index contributed by atoms with van der Waals surface area (Å²) in [5.41, 5.74) is 0.0845. The number of rotatable bonds is 8. The molecule has 1 unspecified atom stereocenters. The van der Waals surface area contributed by atoms with Crippen molar-refractivity contribution in [2.45, 2.75) is 45.9 Å². The number of amides is 1. The van der Waals surface area contributed by atoms with E-state index in [0.29, 0.717) is 49.5 Å². The molecule has 8 nitrogen and oxygen atoms in total. The third kappa shape index (κ3) is 4.16. The van der Waals surface area contributed by atoms with Gasteiger partial charge in [0.25, 0.3) is 5.56 Å². The van der Waals surface area contributed by atoms with Crippen molar-refractivity contribution < 1.29 is 9.53 Å². The van der Waals surface area contributed by atoms with Crippen LogP contribution in [0.2, 0.25) is 0 Å². The van der Waals surface area contributed by atoms with Gasteiger partial charge in [-0.2, -0.15) is 0 Å². The molecule has 0 saturated carbocycles. The van der Waals surface area contributed by atoms with Gasteiger partial charge in [0.15, 0.2) is 0 Å². The quantitative estimate of drug-likeness (QED) is 0.495. The van der Waals surface area contributed by atoms with Crippen LogP contribution in [0.15, 0.2) is 9.59 Å². The molecule has 1 fully saturated rings. The van der Waals surface area contributed by atoms with E-state index in [-0.39, 0.29) is 22.7 Å². The minimum atomic E-state index is -0.290. The Kier molecular flexibility index (Phi) is 6.87. The van der Waals surface area contributed by atoms with E-state index < -0.39 is 0 Å². The molecular formula is C19H28N4O4S2. The largest absolute Gasteiger partial charge is 0.383 e. The molecule has 160 valence electrons. The maximum absolute atomic E-state index is 13.2. The second-order valence-electron chi connectivity index (χ2n) is 7.73. The molecule has 2 aromatic heterocycles. The van der Waals surface area contributed by atoms with Gasteiger partial charge in [0.2, 0.25) is 6.41 Å². The molecule has 29 heavy (non-hydrogen) atoms. The molecule has 2 aromatic rings. The number of carbonyl (C=O) groups is 1. The Morgan fingerprint density at radius 2 is 2.00 bits per heavy atom. The molecule has 0 aromatic carbocycles. The Hall–Kier alpha value is -1.62. The first-order valence-corrected chi connectivity index (χ1v) is 11.0. The fraction of sp³-hybridized carbons (Fsp3) is 0.632. The molecular weight excluding hydrogens is 412 g/mol. The van der Waals surface area contributed by atoms with Gasteiger partial charge < -0.3 is 9.64 Å². The Labute approximate surface area is 179 Å². The number of nitrogens with zero attached hydrogens (tertiary/aromatic N) is 4. The summed E-state index contributed by atoms with van der Waals surface area (Å²) in [4.78, 5) is 42.8. The Balaban J connectivity index is 2.11. The second kappa shape index (κ2) is 9.03. The van der Waals surface area contributed by atoms with Crippen molar-refractivity contribution in [2.75, 3.05) is 26.8 Å². The number of ether oxygens (including phenoxy) is 1. The maximum Gasteiger partial charge on any atom is 0.332 e. The predicted molar refractivity (Wildman–Crippen MR) is 118 cm³/mol. The highest BCUT2D eigenvalue weighted by Crippen LogP contribution is 2.31. The van der Waals surface area contributed by atoms with Gasteiger partial charge in [0.05, 0.1) is 18.5 Å². The fourth-order valence-corrected chi connectivity index (χ4v) is 5.34. The minimum Gasteiger partial charge on any atom is -0.383 e. The lowest BCUT2D eigenvalue weighted by Crippen LogP contribution is -2.41. The molecule has 1 saturated heterocycles. The first-order valence-electron chi connectivity index (χ1n) is 9.67. The van der Waals surface area contributed by atoms with Crippen LogP contribution in [0, 0.1) is 12.8 Å². The highest BCUT2D eigenvalue weighted by Gasteiger charge is 2.29. The number of hydrogen-bond donors (Lipinski definition) is 1. The number of aromatic nitrogens is 2. The van der Waals surface area contributed by atoms with Crippen LogP contribution in [-0.2, 0) is 29.2 Å². The summed E-state index contributed by atoms with van der Waals surface area (Å²) in [6.45, 7) is 8.98. The van der Waals surface area contributed by atoms with E-state index >= 15 is 0 Å². The molecule has 0 spiro atoms. The first-order chi connectivity index (χ1) is 13.8. The van der Waals surface area contributed by atoms with Crippen LogP contribution in [0.5, 0.6) is 0 Å². The molecule has 0 bridgehead atoms. The van der Waals surface area contributed by atoms with Gasteiger partial charge in [-0.1, -0.05) is 13.8 Å². The van der Waals surface area contributed by atoms with Crippen LogP contribution in [0.3, 0.4) is 0 Å². The van der Waals surface area contributed by atoms with Crippen LogP contribution in [0.4, 0.5) is 0 Å². The highest BCUT2D eigenvalue weighted by molar-refractivity contribution is 7.80. The first kappa shape index (κ1) is 22.1. The van der Waals surface area contributed by atoms with E-state index in [4.69, 9.17) is 4.74 Å². The van der Waals surface area contributed by atoms with E-state index in [1.807, 2.05) is 20.8 Å². The van der Waals surface area contributed by atoms with E-state index in [1.165, 1.54) is 15.9 Å². The zero-order valence-electron chi connectivity index (χ0n) is 17.3. The van der Waals surface area contributed by atoms with E-state index in [2.05, 4.69) is 17.5 Å². The lowest BCUT2D eigenvalue weighted by Gasteiger charge is -2.22. The SMILES string of the molecule is COCCn1c(=O)n(CC(C)C)c(=O)c2c(C)c(CN3CCN(C=O)C3S)sc21. The normalized spacial score (nSPS) is 17.7. The molecule has 0 radical (unpaired) electrons. The predicted octanol–water partition coefficient (Wildman–Crippen LogP) is 1.32. The van der Waals surface area contributed by atoms with Gasteiger partial charge in [0, 0.05) is 38.2 Å². The van der Waals surface area contributed by atoms with Crippen LogP contribution in [0.1, 0.15) is 24.3 Å². The van der Waals surface area contributed by atoms with Crippen LogP contribution < -0.4 is 11.2 Å². The molecule has 3 heterocycles. The van der Waals surface area contributed by atoms with Crippen LogP contribution in [0.25, 0.3) is 10.2 Å². The zero-order chi connectivity index (χ0) is 21.3. The van der Waals surface area contributed by atoms with E-state index in [1.54, 1.807) is 16.6 Å². The highest BCUT2D eigenvalue weighted by atomic mass is 32.1. The van der Waals surface area contributed by atoms with Crippen molar-refractivity contribution in [3.63, 3.8) is 0 Å². The summed E-state index contributed by atoms with van der Waals surface area (Å²) in [6, 6.07) is 0. The van der Waals surface area contributed by atoms with Gasteiger partial charge >= 0.3 is 5.69 Å². The van der Waals surface area contributed by atoms with Crippen molar-refractivity contribution in [3.8, 4) is 0 Å². The third-order valence-corrected chi connectivity index (χ3v) is 7.13. The van der Waals surface area contributed by atoms with Crippen molar-refractivity contribution in [1.82, 2.24) is 18.9 Å². The van der Waals surface area contributed by atoms with Crippen LogP contribution in [-0.4, -0.2) is 57.6 Å². The molecule has 1 atom stereocenters. The Morgan fingerprint density at radius 3 is 2.59 bits per heavy atom. The topological polar surface area (TPSA) is 76.8 Å². The fourth-order valence-electron chi connectivity index (χ4n) is 3.63. The van der Waals surface area contributed by atoms with Gasteiger partial charge in [-0.3, -0.25) is 23.6 Å². The summed E-state index contributed by atoms with van der Waals surface area (Å²) < 4.78 is 8.19. The molecule has 0 aliphatic carbocycles. The number of methoxy groups -OCH3 is 1. The van der Waals surface area contributed by atoms with Gasteiger partial charge in [-0.05, 0) is 18.4 Å². The molecule has 10 heteroatoms. The van der Waals surface area contributed by atoms with Crippen LogP contribution >= 0.6 is 24.0 Å². The van der Waals surface area contributed by atoms with Crippen molar-refractivity contribution in [1.29, 1.82) is 0 Å². The smallest absolute Gasteiger partial charge is 0.332 e. The maximum atomic E-state index is 13.2. The number of hydrogen-bond acceptors (Lipinski definition) is 7. The lowest BCUT2D eigenvalue weighted by atomic mass is 10.2. The number of thiophene rings is 1. The van der Waals surface area contributed by atoms with E-state index in [0.717, 1.165) is 16.9 Å². The van der Waals surface area contributed by atoms with Crippen molar-refractivity contribution in [2.24, 2.45) is 5.92 Å². The summed E-state index contributed by atoms with van der Waals surface area (Å²) >= 11 is 6.00. The van der Waals surface area contributed by atoms with Gasteiger partial charge in [0.1, 0.15) is 10.3 Å². The van der Waals surface area contributed by atoms with Gasteiger partial charge in [-0.15, -0.1) is 24.0 Å². The molecule has 1 amide bonds. The monoisotopic (exact) mass is 440 g/mol. The molecule has 1 aliphatic rings. The third-order valence-electron chi connectivity index (χ3n) is 5.21. The molecule has 0 N–H and O–H groups in total. The van der Waals surface area contributed by atoms with E-state index in [9.17, 15) is 14.4 Å². The van der Waals surface area contributed by atoms with Crippen molar-refractivity contribution >= 4 is 40.6 Å². The summed E-state index contributed by atoms with van der Waals surface area (Å²) in [5, 5.41) is 0.600. The number of carbonyl (C=O) groups excluding carboxylic acids is 1. The van der Waals surface area contributed by atoms with Crippen molar-refractivity contribution in [3.05, 3.63) is 31.3 Å². The molecule has 1 aliphatic heterocycles. The average Bonchev–Trinajstić information content (AvgIpc) is 3.19. The molecule has 3 rings (SSSR count). The second-order valence-corrected chi connectivity index (χ2v) is 9.27. The minimum absolute atomic E-state index is 0.177. The standard InChI is InChI=1S/C19H28N4O4S2/c1-12(2)9-23-16(25)15-13(3)14(10-20-5-6-21(11-24)19(20)28)29-17(15)22(18(23)26)7-8-27-4/h11-12,19,28H,5-10H2,1-4H3. The lowest BCUT2D eigenvalue weighted by molar-refractivity contribution is -0.118. The number of aryl methyl sites for hydroxylation is 1. The number of thiol groups is 1. The Morgan fingerprint density at radius 1 is 1.28 bits per heavy atom. The zero-order valence-corrected chi connectivity index (χ0v) is 19.0. The summed E-state index contributed by atoms with van der Waals surface area (Å²) in [6.07, 6.45) is 0.808. The summed E-state index contributed by atoms with van der Waals surface area (Å²) in [7, 11) is 1.59. The average molecular weight is 441 g/mol. The Bertz CT molecular complexity index is 1010.